The molecule has 0 radical (unpaired) electrons. The molecule has 1 aromatic rings. The summed E-state index contributed by atoms with van der Waals surface area (Å²) in [7, 11) is 0. The average Bonchev–Trinajstić information content (AvgIpc) is 3.05. The summed E-state index contributed by atoms with van der Waals surface area (Å²) in [4.78, 5) is 21.1. The minimum Gasteiger partial charge on any atom is -0.388 e. The van der Waals surface area contributed by atoms with Crippen LogP contribution in [-0.2, 0) is 6.54 Å². The van der Waals surface area contributed by atoms with Crippen molar-refractivity contribution in [3.63, 3.8) is 0 Å². The number of aliphatic hydroxyl groups is 1. The Labute approximate surface area is 162 Å². The summed E-state index contributed by atoms with van der Waals surface area (Å²) in [6.07, 6.45) is 9.59. The number of hydrogen-bond donors (Lipinski definition) is 2. The Hall–Kier alpha value is -1.60. The van der Waals surface area contributed by atoms with Gasteiger partial charge in [0.2, 0.25) is 0 Å². The molecule has 0 aliphatic carbocycles. The van der Waals surface area contributed by atoms with Crippen LogP contribution >= 0.6 is 0 Å². The monoisotopic (exact) mass is 377 g/mol. The van der Waals surface area contributed by atoms with E-state index in [1.165, 1.54) is 6.42 Å². The number of carbonyl (C=O) groups excluding carboxylic acids is 1. The third-order valence-corrected chi connectivity index (χ3v) is 5.89. The summed E-state index contributed by atoms with van der Waals surface area (Å²) < 4.78 is 2.20. The van der Waals surface area contributed by atoms with Gasteiger partial charge in [0.25, 0.3) is 0 Å². The number of piperidine rings is 1. The summed E-state index contributed by atoms with van der Waals surface area (Å²) in [5, 5.41) is 14.0. The number of likely N-dealkylation sites (tertiary alicyclic amines) is 2. The van der Waals surface area contributed by atoms with E-state index in [0.717, 1.165) is 64.2 Å². The third-order valence-electron chi connectivity index (χ3n) is 5.89. The Morgan fingerprint density at radius 3 is 2.70 bits per heavy atom. The van der Waals surface area contributed by atoms with Gasteiger partial charge in [-0.15, -0.1) is 0 Å². The number of aromatic nitrogens is 2. The smallest absolute Gasteiger partial charge is 0.317 e. The van der Waals surface area contributed by atoms with Crippen molar-refractivity contribution in [2.75, 3.05) is 32.7 Å². The first-order valence-electron chi connectivity index (χ1n) is 10.5. The van der Waals surface area contributed by atoms with Crippen molar-refractivity contribution in [1.29, 1.82) is 0 Å². The molecule has 2 aliphatic heterocycles. The maximum Gasteiger partial charge on any atom is 0.317 e. The molecule has 0 saturated carbocycles. The molecular weight excluding hydrogens is 342 g/mol. The van der Waals surface area contributed by atoms with Crippen molar-refractivity contribution in [1.82, 2.24) is 24.7 Å². The molecule has 2 aliphatic rings. The van der Waals surface area contributed by atoms with Gasteiger partial charge < -0.3 is 19.9 Å². The minimum absolute atomic E-state index is 0.0248. The molecular formula is C20H35N5O2. The molecule has 7 heteroatoms. The van der Waals surface area contributed by atoms with E-state index < -0.39 is 5.60 Å². The standard InChI is InChI=1S/C20H35N5O2/c1-17(2)25-14-9-21-18(25)15-23-10-6-7-20(27,8-13-23)16-22-19(26)24-11-4-3-5-12-24/h9,14,17,27H,3-8,10-13,15-16H2,1-2H3,(H,22,26)/t20-/m0/s1. The highest BCUT2D eigenvalue weighted by Gasteiger charge is 2.31. The molecule has 0 spiro atoms. The van der Waals surface area contributed by atoms with E-state index in [1.807, 2.05) is 17.3 Å². The number of rotatable bonds is 5. The maximum atomic E-state index is 12.3. The molecule has 2 amide bonds. The average molecular weight is 378 g/mol. The number of carbonyl (C=O) groups is 1. The largest absolute Gasteiger partial charge is 0.388 e. The van der Waals surface area contributed by atoms with Crippen LogP contribution in [0.3, 0.4) is 0 Å². The zero-order valence-corrected chi connectivity index (χ0v) is 16.9. The van der Waals surface area contributed by atoms with Crippen molar-refractivity contribution in [3.05, 3.63) is 18.2 Å². The zero-order chi connectivity index (χ0) is 19.3. The van der Waals surface area contributed by atoms with E-state index in [0.29, 0.717) is 19.0 Å². The quantitative estimate of drug-likeness (QED) is 0.826. The molecule has 0 aromatic carbocycles. The fourth-order valence-electron chi connectivity index (χ4n) is 4.16. The van der Waals surface area contributed by atoms with Gasteiger partial charge in [-0.1, -0.05) is 0 Å². The van der Waals surface area contributed by atoms with Crippen molar-refractivity contribution < 1.29 is 9.90 Å². The molecule has 152 valence electrons. The number of urea groups is 1. The van der Waals surface area contributed by atoms with Crippen LogP contribution in [0.4, 0.5) is 4.79 Å². The molecule has 2 saturated heterocycles. The molecule has 0 unspecified atom stereocenters. The van der Waals surface area contributed by atoms with Gasteiger partial charge in [-0.05, 0) is 58.9 Å². The minimum atomic E-state index is -0.812. The van der Waals surface area contributed by atoms with E-state index >= 15 is 0 Å². The maximum absolute atomic E-state index is 12.3. The fourth-order valence-corrected chi connectivity index (χ4v) is 4.16. The van der Waals surface area contributed by atoms with Crippen LogP contribution in [0, 0.1) is 0 Å². The van der Waals surface area contributed by atoms with Crippen molar-refractivity contribution in [2.24, 2.45) is 0 Å². The molecule has 1 atom stereocenters. The lowest BCUT2D eigenvalue weighted by molar-refractivity contribution is 0.0263. The van der Waals surface area contributed by atoms with Crippen LogP contribution in [0.25, 0.3) is 0 Å². The molecule has 0 bridgehead atoms. The molecule has 27 heavy (non-hydrogen) atoms. The molecule has 1 aromatic heterocycles. The van der Waals surface area contributed by atoms with E-state index in [2.05, 4.69) is 33.6 Å². The molecule has 2 fully saturated rings. The Bertz CT molecular complexity index is 611. The number of nitrogens with one attached hydrogen (secondary N) is 1. The fraction of sp³-hybridized carbons (Fsp3) is 0.800. The van der Waals surface area contributed by atoms with Gasteiger partial charge in [0.1, 0.15) is 5.82 Å². The zero-order valence-electron chi connectivity index (χ0n) is 16.9. The highest BCUT2D eigenvalue weighted by molar-refractivity contribution is 5.74. The van der Waals surface area contributed by atoms with Crippen LogP contribution in [-0.4, -0.2) is 68.8 Å². The summed E-state index contributed by atoms with van der Waals surface area (Å²) in [5.74, 6) is 1.08. The van der Waals surface area contributed by atoms with Gasteiger partial charge in [0, 0.05) is 44.6 Å². The Balaban J connectivity index is 1.49. The number of hydrogen-bond acceptors (Lipinski definition) is 4. The lowest BCUT2D eigenvalue weighted by Gasteiger charge is -2.31. The highest BCUT2D eigenvalue weighted by Crippen LogP contribution is 2.23. The van der Waals surface area contributed by atoms with E-state index in [4.69, 9.17) is 0 Å². The summed E-state index contributed by atoms with van der Waals surface area (Å²) in [6.45, 7) is 8.92. The second-order valence-corrected chi connectivity index (χ2v) is 8.40. The second kappa shape index (κ2) is 9.06. The Kier molecular flexibility index (Phi) is 6.76. The molecule has 3 heterocycles. The van der Waals surface area contributed by atoms with Crippen LogP contribution in [0.5, 0.6) is 0 Å². The topological polar surface area (TPSA) is 73.6 Å². The van der Waals surface area contributed by atoms with E-state index in [9.17, 15) is 9.90 Å². The van der Waals surface area contributed by atoms with Crippen LogP contribution < -0.4 is 5.32 Å². The molecule has 7 nitrogen and oxygen atoms in total. The van der Waals surface area contributed by atoms with Gasteiger partial charge >= 0.3 is 6.03 Å². The number of nitrogens with zero attached hydrogens (tertiary/aromatic N) is 4. The highest BCUT2D eigenvalue weighted by atomic mass is 16.3. The van der Waals surface area contributed by atoms with Crippen LogP contribution in [0.1, 0.15) is 64.2 Å². The normalized spacial score (nSPS) is 24.8. The van der Waals surface area contributed by atoms with E-state index in [-0.39, 0.29) is 6.03 Å². The van der Waals surface area contributed by atoms with E-state index in [1.54, 1.807) is 0 Å². The number of imidazole rings is 1. The lowest BCUT2D eigenvalue weighted by atomic mass is 9.95. The van der Waals surface area contributed by atoms with Crippen molar-refractivity contribution in [3.8, 4) is 0 Å². The van der Waals surface area contributed by atoms with Crippen LogP contribution in [0.2, 0.25) is 0 Å². The van der Waals surface area contributed by atoms with Gasteiger partial charge in [-0.2, -0.15) is 0 Å². The Morgan fingerprint density at radius 1 is 1.19 bits per heavy atom. The molecule has 2 N–H and O–H groups in total. The van der Waals surface area contributed by atoms with Gasteiger partial charge in [-0.25, -0.2) is 9.78 Å². The molecule has 3 rings (SSSR count). The van der Waals surface area contributed by atoms with Gasteiger partial charge in [0.15, 0.2) is 0 Å². The summed E-state index contributed by atoms with van der Waals surface area (Å²) in [6, 6.07) is 0.375. The predicted molar refractivity (Wildman–Crippen MR) is 106 cm³/mol. The number of amides is 2. The van der Waals surface area contributed by atoms with Crippen molar-refractivity contribution >= 4 is 6.03 Å². The van der Waals surface area contributed by atoms with Crippen molar-refractivity contribution in [2.45, 2.75) is 70.6 Å². The first kappa shape index (κ1) is 20.1. The summed E-state index contributed by atoms with van der Waals surface area (Å²) >= 11 is 0. The van der Waals surface area contributed by atoms with Gasteiger partial charge in [0.05, 0.1) is 12.1 Å². The first-order valence-corrected chi connectivity index (χ1v) is 10.5. The SMILES string of the molecule is CC(C)n1ccnc1CN1CCC[C@@](O)(CNC(=O)N2CCCCC2)CC1. The Morgan fingerprint density at radius 2 is 1.96 bits per heavy atom. The second-order valence-electron chi connectivity index (χ2n) is 8.40. The predicted octanol–water partition coefficient (Wildman–Crippen LogP) is 2.38. The third kappa shape index (κ3) is 5.45. The lowest BCUT2D eigenvalue weighted by Crippen LogP contribution is -2.49. The summed E-state index contributed by atoms with van der Waals surface area (Å²) in [5.41, 5.74) is -0.812. The van der Waals surface area contributed by atoms with Crippen LogP contribution in [0.15, 0.2) is 12.4 Å². The first-order chi connectivity index (χ1) is 13.0. The van der Waals surface area contributed by atoms with Gasteiger partial charge in [-0.3, -0.25) is 4.90 Å².